The molecule has 0 saturated carbocycles. The maximum absolute atomic E-state index is 12.6. The molecule has 0 bridgehead atoms. The van der Waals surface area contributed by atoms with Gasteiger partial charge in [-0.3, -0.25) is 4.79 Å². The largest absolute Gasteiger partial charge is 0.451 e. The highest BCUT2D eigenvalue weighted by atomic mass is 16.5. The number of hydrogen-bond donors (Lipinski definition) is 0. The average Bonchev–Trinajstić information content (AvgIpc) is 3.17. The van der Waals surface area contributed by atoms with Crippen molar-refractivity contribution in [3.05, 3.63) is 90.1 Å². The second-order valence-electron chi connectivity index (χ2n) is 6.43. The molecule has 0 fully saturated rings. The minimum atomic E-state index is -0.622. The molecule has 28 heavy (non-hydrogen) atoms. The van der Waals surface area contributed by atoms with Gasteiger partial charge >= 0.3 is 6.09 Å². The van der Waals surface area contributed by atoms with Crippen LogP contribution in [0.5, 0.6) is 0 Å². The molecule has 0 N–H and O–H groups in total. The normalized spacial score (nSPS) is 10.8. The van der Waals surface area contributed by atoms with Gasteiger partial charge in [0.2, 0.25) is 0 Å². The Kier molecular flexibility index (Phi) is 4.72. The first-order valence-corrected chi connectivity index (χ1v) is 8.90. The second kappa shape index (κ2) is 7.48. The number of methoxy groups -OCH3 is 1. The number of ether oxygens (including phenoxy) is 1. The van der Waals surface area contributed by atoms with Gasteiger partial charge in [-0.1, -0.05) is 66.7 Å². The molecule has 4 rings (SSSR count). The van der Waals surface area contributed by atoms with Crippen LogP contribution in [-0.4, -0.2) is 28.8 Å². The maximum Gasteiger partial charge on any atom is 0.434 e. The van der Waals surface area contributed by atoms with Gasteiger partial charge < -0.3 is 4.74 Å². The van der Waals surface area contributed by atoms with Crippen LogP contribution in [0.15, 0.2) is 78.9 Å². The summed E-state index contributed by atoms with van der Waals surface area (Å²) in [5, 5.41) is 6.60. The highest BCUT2D eigenvalue weighted by Crippen LogP contribution is 2.25. The monoisotopic (exact) mass is 370 g/mol. The minimum Gasteiger partial charge on any atom is -0.451 e. The van der Waals surface area contributed by atoms with Gasteiger partial charge in [-0.05, 0) is 22.9 Å². The SMILES string of the molecule is COC(=O)n1nc(-c2ccc3ccccc3c2)cc1CC(=O)c1ccccc1. The van der Waals surface area contributed by atoms with E-state index in [2.05, 4.69) is 5.10 Å². The number of carbonyl (C=O) groups is 2. The Morgan fingerprint density at radius 2 is 1.61 bits per heavy atom. The van der Waals surface area contributed by atoms with E-state index in [0.717, 1.165) is 21.0 Å². The summed E-state index contributed by atoms with van der Waals surface area (Å²) >= 11 is 0. The van der Waals surface area contributed by atoms with Gasteiger partial charge in [0.25, 0.3) is 0 Å². The molecule has 1 aromatic heterocycles. The molecule has 0 amide bonds. The molecule has 0 aliphatic carbocycles. The summed E-state index contributed by atoms with van der Waals surface area (Å²) in [6.45, 7) is 0. The van der Waals surface area contributed by atoms with Crippen LogP contribution in [-0.2, 0) is 11.2 Å². The number of rotatable bonds is 4. The summed E-state index contributed by atoms with van der Waals surface area (Å²) in [6.07, 6.45) is -0.567. The molecule has 0 unspecified atom stereocenters. The van der Waals surface area contributed by atoms with E-state index in [-0.39, 0.29) is 12.2 Å². The van der Waals surface area contributed by atoms with Crippen LogP contribution in [0.4, 0.5) is 4.79 Å². The van der Waals surface area contributed by atoms with Gasteiger partial charge in [-0.25, -0.2) is 4.79 Å². The van der Waals surface area contributed by atoms with Crippen molar-refractivity contribution in [2.24, 2.45) is 0 Å². The molecule has 0 aliphatic rings. The number of hydrogen-bond acceptors (Lipinski definition) is 4. The summed E-state index contributed by atoms with van der Waals surface area (Å²) in [5.74, 6) is -0.0873. The van der Waals surface area contributed by atoms with E-state index >= 15 is 0 Å². The zero-order valence-electron chi connectivity index (χ0n) is 15.3. The summed E-state index contributed by atoms with van der Waals surface area (Å²) < 4.78 is 5.99. The van der Waals surface area contributed by atoms with E-state index in [4.69, 9.17) is 4.74 Å². The Balaban J connectivity index is 1.72. The number of benzene rings is 3. The van der Waals surface area contributed by atoms with Crippen molar-refractivity contribution in [3.8, 4) is 11.3 Å². The lowest BCUT2D eigenvalue weighted by molar-refractivity contribution is 0.0990. The number of ketones is 1. The van der Waals surface area contributed by atoms with Crippen LogP contribution in [0.3, 0.4) is 0 Å². The molecule has 0 radical (unpaired) electrons. The van der Waals surface area contributed by atoms with Crippen LogP contribution in [0.1, 0.15) is 16.1 Å². The lowest BCUT2D eigenvalue weighted by Gasteiger charge is -2.04. The molecule has 138 valence electrons. The number of aromatic nitrogens is 2. The van der Waals surface area contributed by atoms with Gasteiger partial charge in [-0.15, -0.1) is 0 Å². The summed E-state index contributed by atoms with van der Waals surface area (Å²) in [5.41, 5.74) is 2.57. The van der Waals surface area contributed by atoms with Crippen LogP contribution in [0.2, 0.25) is 0 Å². The zero-order chi connectivity index (χ0) is 19.5. The lowest BCUT2D eigenvalue weighted by Crippen LogP contribution is -2.18. The van der Waals surface area contributed by atoms with Gasteiger partial charge in [0, 0.05) is 11.1 Å². The third-order valence-corrected chi connectivity index (χ3v) is 4.61. The molecule has 3 aromatic carbocycles. The Morgan fingerprint density at radius 1 is 0.893 bits per heavy atom. The number of fused-ring (bicyclic) bond motifs is 1. The van der Waals surface area contributed by atoms with E-state index in [1.165, 1.54) is 7.11 Å². The predicted octanol–water partition coefficient (Wildman–Crippen LogP) is 4.74. The lowest BCUT2D eigenvalue weighted by atomic mass is 10.0. The molecule has 0 aliphatic heterocycles. The van der Waals surface area contributed by atoms with E-state index < -0.39 is 6.09 Å². The number of Topliss-reactive ketones (excluding diaryl/α,β-unsaturated/α-hetero) is 1. The molecule has 5 heteroatoms. The Morgan fingerprint density at radius 3 is 2.36 bits per heavy atom. The third kappa shape index (κ3) is 3.42. The average molecular weight is 370 g/mol. The molecular formula is C23H18N2O3. The minimum absolute atomic E-state index is 0.0553. The van der Waals surface area contributed by atoms with Crippen molar-refractivity contribution in [2.45, 2.75) is 6.42 Å². The summed E-state index contributed by atoms with van der Waals surface area (Å²) in [6, 6.07) is 24.8. The summed E-state index contributed by atoms with van der Waals surface area (Å²) in [7, 11) is 1.29. The highest BCUT2D eigenvalue weighted by Gasteiger charge is 2.19. The standard InChI is InChI=1S/C23H18N2O3/c1-28-23(27)25-20(15-22(26)17-8-3-2-4-9-17)14-21(24-25)19-12-11-16-7-5-6-10-18(16)13-19/h2-14H,15H2,1H3. The van der Waals surface area contributed by atoms with Crippen molar-refractivity contribution in [1.29, 1.82) is 0 Å². The van der Waals surface area contributed by atoms with E-state index in [1.54, 1.807) is 18.2 Å². The van der Waals surface area contributed by atoms with Crippen LogP contribution < -0.4 is 0 Å². The molecule has 0 saturated heterocycles. The van der Waals surface area contributed by atoms with Gasteiger partial charge in [-0.2, -0.15) is 9.78 Å². The van der Waals surface area contributed by atoms with Crippen LogP contribution in [0, 0.1) is 0 Å². The Hall–Kier alpha value is -3.73. The first-order valence-electron chi connectivity index (χ1n) is 8.90. The summed E-state index contributed by atoms with van der Waals surface area (Å²) in [4.78, 5) is 24.8. The van der Waals surface area contributed by atoms with Gasteiger partial charge in [0.05, 0.1) is 24.9 Å². The van der Waals surface area contributed by atoms with E-state index in [9.17, 15) is 9.59 Å². The fourth-order valence-corrected chi connectivity index (χ4v) is 3.17. The van der Waals surface area contributed by atoms with Crippen LogP contribution >= 0.6 is 0 Å². The topological polar surface area (TPSA) is 61.2 Å². The van der Waals surface area contributed by atoms with E-state index in [0.29, 0.717) is 17.0 Å². The third-order valence-electron chi connectivity index (χ3n) is 4.61. The van der Waals surface area contributed by atoms with Crippen molar-refractivity contribution >= 4 is 22.6 Å². The van der Waals surface area contributed by atoms with Crippen molar-refractivity contribution in [2.75, 3.05) is 7.11 Å². The highest BCUT2D eigenvalue weighted by molar-refractivity contribution is 5.97. The fraction of sp³-hybridized carbons (Fsp3) is 0.0870. The Bertz CT molecular complexity index is 1160. The molecule has 5 nitrogen and oxygen atoms in total. The Labute approximate surface area is 162 Å². The number of nitrogens with zero attached hydrogens (tertiary/aromatic N) is 2. The number of carbonyl (C=O) groups excluding carboxylic acids is 2. The first kappa shape index (κ1) is 17.7. The van der Waals surface area contributed by atoms with Crippen molar-refractivity contribution in [3.63, 3.8) is 0 Å². The quantitative estimate of drug-likeness (QED) is 0.487. The smallest absolute Gasteiger partial charge is 0.434 e. The molecule has 1 heterocycles. The second-order valence-corrected chi connectivity index (χ2v) is 6.43. The van der Waals surface area contributed by atoms with Gasteiger partial charge in [0.1, 0.15) is 0 Å². The van der Waals surface area contributed by atoms with Crippen molar-refractivity contribution in [1.82, 2.24) is 9.78 Å². The predicted molar refractivity (Wildman–Crippen MR) is 107 cm³/mol. The molecule has 0 atom stereocenters. The van der Waals surface area contributed by atoms with Gasteiger partial charge in [0.15, 0.2) is 5.78 Å². The van der Waals surface area contributed by atoms with Crippen molar-refractivity contribution < 1.29 is 14.3 Å². The zero-order valence-corrected chi connectivity index (χ0v) is 15.3. The first-order chi connectivity index (χ1) is 13.7. The maximum atomic E-state index is 12.6. The fourth-order valence-electron chi connectivity index (χ4n) is 3.17. The molecule has 4 aromatic rings. The molecule has 0 spiro atoms. The van der Waals surface area contributed by atoms with E-state index in [1.807, 2.05) is 60.7 Å². The van der Waals surface area contributed by atoms with Crippen LogP contribution in [0.25, 0.3) is 22.0 Å². The molecular weight excluding hydrogens is 352 g/mol.